The fourth-order valence-electron chi connectivity index (χ4n) is 1.57. The molecule has 0 spiro atoms. The van der Waals surface area contributed by atoms with Crippen LogP contribution >= 0.6 is 0 Å². The number of hydrogen-bond acceptors (Lipinski definition) is 4. The fourth-order valence-corrected chi connectivity index (χ4v) is 1.57. The molecule has 0 fully saturated rings. The number of nitrogens with zero attached hydrogens (tertiary/aromatic N) is 4. The van der Waals surface area contributed by atoms with Crippen LogP contribution in [0.3, 0.4) is 0 Å². The Morgan fingerprint density at radius 3 is 2.83 bits per heavy atom. The summed E-state index contributed by atoms with van der Waals surface area (Å²) in [6, 6.07) is 6.82. The minimum Gasteiger partial charge on any atom is -0.320 e. The smallest absolute Gasteiger partial charge is 0.276 e. The zero-order valence-corrected chi connectivity index (χ0v) is 9.32. The zero-order chi connectivity index (χ0) is 12.4. The number of carbonyl (C=O) groups excluding carboxylic acids is 1. The van der Waals surface area contributed by atoms with E-state index in [0.29, 0.717) is 17.0 Å². The van der Waals surface area contributed by atoms with Crippen molar-refractivity contribution in [2.45, 2.75) is 0 Å². The lowest BCUT2D eigenvalue weighted by Crippen LogP contribution is -2.12. The summed E-state index contributed by atoms with van der Waals surface area (Å²) in [5.41, 5.74) is 1.64. The third kappa shape index (κ3) is 1.91. The molecule has 3 rings (SSSR count). The third-order valence-electron chi connectivity index (χ3n) is 2.41. The van der Waals surface area contributed by atoms with Crippen LogP contribution in [0, 0.1) is 0 Å². The molecule has 3 aromatic rings. The fraction of sp³-hybridized carbons (Fsp3) is 0. The molecule has 6 heteroatoms. The van der Waals surface area contributed by atoms with Gasteiger partial charge in [0.25, 0.3) is 5.91 Å². The van der Waals surface area contributed by atoms with Gasteiger partial charge in [0.2, 0.25) is 0 Å². The van der Waals surface area contributed by atoms with E-state index in [-0.39, 0.29) is 5.91 Å². The average Bonchev–Trinajstić information content (AvgIpc) is 2.84. The van der Waals surface area contributed by atoms with Crippen LogP contribution in [0.5, 0.6) is 0 Å². The second-order valence-corrected chi connectivity index (χ2v) is 3.64. The topological polar surface area (TPSA) is 72.2 Å². The number of fused-ring (bicyclic) bond motifs is 1. The molecule has 0 unspecified atom stereocenters. The lowest BCUT2D eigenvalue weighted by Gasteiger charge is -2.00. The highest BCUT2D eigenvalue weighted by atomic mass is 16.1. The molecular weight excluding hydrogens is 230 g/mol. The van der Waals surface area contributed by atoms with Gasteiger partial charge >= 0.3 is 0 Å². The molecule has 88 valence electrons. The van der Waals surface area contributed by atoms with Crippen LogP contribution in [-0.2, 0) is 0 Å². The van der Waals surface area contributed by atoms with Gasteiger partial charge in [-0.15, -0.1) is 0 Å². The minimum absolute atomic E-state index is 0.272. The van der Waals surface area contributed by atoms with E-state index in [4.69, 9.17) is 0 Å². The number of carbonyl (C=O) groups is 1. The predicted molar refractivity (Wildman–Crippen MR) is 65.2 cm³/mol. The van der Waals surface area contributed by atoms with Crippen molar-refractivity contribution in [2.75, 3.05) is 5.32 Å². The summed E-state index contributed by atoms with van der Waals surface area (Å²) in [4.78, 5) is 19.9. The molecule has 0 saturated carbocycles. The van der Waals surface area contributed by atoms with Gasteiger partial charge in [-0.25, -0.2) is 9.50 Å². The van der Waals surface area contributed by atoms with Crippen LogP contribution in [-0.4, -0.2) is 25.5 Å². The second-order valence-electron chi connectivity index (χ2n) is 3.64. The predicted octanol–water partition coefficient (Wildman–Crippen LogP) is 1.38. The normalized spacial score (nSPS) is 10.4. The summed E-state index contributed by atoms with van der Waals surface area (Å²) in [5, 5.41) is 6.87. The number of hydrogen-bond donors (Lipinski definition) is 1. The van der Waals surface area contributed by atoms with Gasteiger partial charge in [0.05, 0.1) is 0 Å². The maximum atomic E-state index is 11.9. The Balaban J connectivity index is 1.88. The highest BCUT2D eigenvalue weighted by Crippen LogP contribution is 2.08. The Labute approximate surface area is 102 Å². The Morgan fingerprint density at radius 1 is 1.22 bits per heavy atom. The molecule has 0 atom stereocenters. The molecule has 0 aromatic carbocycles. The lowest BCUT2D eigenvalue weighted by molar-refractivity contribution is 0.102. The van der Waals surface area contributed by atoms with Gasteiger partial charge in [0, 0.05) is 36.5 Å². The molecule has 3 heterocycles. The number of rotatable bonds is 2. The van der Waals surface area contributed by atoms with Crippen LogP contribution in [0.2, 0.25) is 0 Å². The Bertz CT molecular complexity index is 659. The van der Waals surface area contributed by atoms with Crippen molar-refractivity contribution in [3.63, 3.8) is 0 Å². The van der Waals surface area contributed by atoms with E-state index in [9.17, 15) is 4.79 Å². The van der Waals surface area contributed by atoms with Gasteiger partial charge in [-0.1, -0.05) is 0 Å². The van der Waals surface area contributed by atoms with Crippen LogP contribution in [0.25, 0.3) is 5.65 Å². The summed E-state index contributed by atoms with van der Waals surface area (Å²) in [5.74, 6) is -0.272. The van der Waals surface area contributed by atoms with E-state index in [1.165, 1.54) is 0 Å². The van der Waals surface area contributed by atoms with Crippen molar-refractivity contribution in [3.05, 3.63) is 54.7 Å². The van der Waals surface area contributed by atoms with Gasteiger partial charge in [-0.2, -0.15) is 5.10 Å². The van der Waals surface area contributed by atoms with Crippen molar-refractivity contribution in [2.24, 2.45) is 0 Å². The van der Waals surface area contributed by atoms with Crippen LogP contribution in [0.1, 0.15) is 10.5 Å². The molecule has 18 heavy (non-hydrogen) atoms. The summed E-state index contributed by atoms with van der Waals surface area (Å²) >= 11 is 0. The van der Waals surface area contributed by atoms with E-state index in [1.807, 2.05) is 0 Å². The van der Waals surface area contributed by atoms with Gasteiger partial charge in [-0.3, -0.25) is 9.78 Å². The van der Waals surface area contributed by atoms with E-state index >= 15 is 0 Å². The van der Waals surface area contributed by atoms with E-state index < -0.39 is 0 Å². The summed E-state index contributed by atoms with van der Waals surface area (Å²) in [7, 11) is 0. The number of anilines is 1. The monoisotopic (exact) mass is 239 g/mol. The van der Waals surface area contributed by atoms with E-state index in [0.717, 1.165) is 0 Å². The first kappa shape index (κ1) is 10.4. The van der Waals surface area contributed by atoms with Gasteiger partial charge in [0.15, 0.2) is 11.3 Å². The van der Waals surface area contributed by atoms with E-state index in [2.05, 4.69) is 20.4 Å². The third-order valence-corrected chi connectivity index (χ3v) is 2.41. The van der Waals surface area contributed by atoms with Crippen LogP contribution < -0.4 is 5.32 Å². The summed E-state index contributed by atoms with van der Waals surface area (Å²) in [6.07, 6.45) is 6.62. The van der Waals surface area contributed by atoms with Crippen molar-refractivity contribution in [1.29, 1.82) is 0 Å². The molecule has 1 amide bonds. The molecule has 0 aliphatic heterocycles. The Morgan fingerprint density at radius 2 is 2.06 bits per heavy atom. The average molecular weight is 239 g/mol. The molecule has 0 bridgehead atoms. The van der Waals surface area contributed by atoms with Gasteiger partial charge in [-0.05, 0) is 18.2 Å². The van der Waals surface area contributed by atoms with Crippen molar-refractivity contribution in [1.82, 2.24) is 19.6 Å². The summed E-state index contributed by atoms with van der Waals surface area (Å²) in [6.45, 7) is 0. The van der Waals surface area contributed by atoms with Gasteiger partial charge < -0.3 is 5.32 Å². The maximum absolute atomic E-state index is 11.9. The van der Waals surface area contributed by atoms with Crippen molar-refractivity contribution < 1.29 is 4.79 Å². The van der Waals surface area contributed by atoms with E-state index in [1.54, 1.807) is 53.6 Å². The highest BCUT2D eigenvalue weighted by molar-refractivity contribution is 6.03. The highest BCUT2D eigenvalue weighted by Gasteiger charge is 2.11. The SMILES string of the molecule is O=C(Nc1ccncc1)c1cc2ncccn2n1. The molecule has 0 radical (unpaired) electrons. The van der Waals surface area contributed by atoms with Crippen molar-refractivity contribution in [3.8, 4) is 0 Å². The number of nitrogens with one attached hydrogen (secondary N) is 1. The zero-order valence-electron chi connectivity index (χ0n) is 9.32. The molecule has 0 aliphatic rings. The molecule has 1 N–H and O–H groups in total. The number of aromatic nitrogens is 4. The molecule has 0 aliphatic carbocycles. The lowest BCUT2D eigenvalue weighted by atomic mass is 10.3. The number of amides is 1. The molecular formula is C12H9N5O. The Hall–Kier alpha value is -2.76. The molecule has 3 aromatic heterocycles. The van der Waals surface area contributed by atoms with Crippen LogP contribution in [0.4, 0.5) is 5.69 Å². The minimum atomic E-state index is -0.272. The quantitative estimate of drug-likeness (QED) is 0.733. The molecule has 0 saturated heterocycles. The Kier molecular flexibility index (Phi) is 2.45. The maximum Gasteiger partial charge on any atom is 0.276 e. The van der Waals surface area contributed by atoms with Crippen molar-refractivity contribution >= 4 is 17.2 Å². The first-order chi connectivity index (χ1) is 8.83. The first-order valence-electron chi connectivity index (χ1n) is 5.35. The van der Waals surface area contributed by atoms with Crippen LogP contribution in [0.15, 0.2) is 49.1 Å². The first-order valence-corrected chi connectivity index (χ1v) is 5.35. The standard InChI is InChI=1S/C12H9N5O/c18-12(15-9-2-5-13-6-3-9)10-8-11-14-4-1-7-17(11)16-10/h1-8H,(H,13,15,18). The molecule has 6 nitrogen and oxygen atoms in total. The largest absolute Gasteiger partial charge is 0.320 e. The summed E-state index contributed by atoms with van der Waals surface area (Å²) < 4.78 is 1.56. The number of pyridine rings is 1. The van der Waals surface area contributed by atoms with Gasteiger partial charge in [0.1, 0.15) is 0 Å². The second kappa shape index (κ2) is 4.25.